The van der Waals surface area contributed by atoms with Crippen molar-refractivity contribution in [1.82, 2.24) is 14.6 Å². The predicted molar refractivity (Wildman–Crippen MR) is 115 cm³/mol. The smallest absolute Gasteiger partial charge is 0.275 e. The van der Waals surface area contributed by atoms with Gasteiger partial charge in [0.25, 0.3) is 5.56 Å². The maximum atomic E-state index is 12.9. The van der Waals surface area contributed by atoms with Gasteiger partial charge in [0.05, 0.1) is 16.6 Å². The SMILES string of the molecule is CCCNn1cc(-c2nc3cc4ccccc4cc3[nH]c2=O)c2ccccc21. The summed E-state index contributed by atoms with van der Waals surface area (Å²) in [5.41, 5.74) is 7.04. The fourth-order valence-electron chi connectivity index (χ4n) is 3.69. The average Bonchev–Trinajstić information content (AvgIpc) is 3.09. The van der Waals surface area contributed by atoms with Crippen LogP contribution in [-0.2, 0) is 0 Å². The molecule has 5 nitrogen and oxygen atoms in total. The lowest BCUT2D eigenvalue weighted by Gasteiger charge is -2.07. The molecule has 3 aromatic carbocycles. The zero-order chi connectivity index (χ0) is 19.1. The molecule has 2 N–H and O–H groups in total. The number of hydrogen-bond acceptors (Lipinski definition) is 3. The molecule has 0 bridgehead atoms. The van der Waals surface area contributed by atoms with Crippen molar-refractivity contribution >= 4 is 32.7 Å². The van der Waals surface area contributed by atoms with Crippen molar-refractivity contribution in [3.8, 4) is 11.3 Å². The first-order valence-electron chi connectivity index (χ1n) is 9.52. The Morgan fingerprint density at radius 1 is 1.04 bits per heavy atom. The van der Waals surface area contributed by atoms with Crippen LogP contribution in [0.4, 0.5) is 0 Å². The molecule has 0 spiro atoms. The van der Waals surface area contributed by atoms with E-state index >= 15 is 0 Å². The first-order chi connectivity index (χ1) is 13.7. The van der Waals surface area contributed by atoms with Crippen molar-refractivity contribution in [3.05, 3.63) is 77.2 Å². The van der Waals surface area contributed by atoms with Gasteiger partial charge in [0, 0.05) is 23.7 Å². The molecule has 0 saturated carbocycles. The van der Waals surface area contributed by atoms with Crippen molar-refractivity contribution < 1.29 is 0 Å². The second-order valence-electron chi connectivity index (χ2n) is 6.97. The van der Waals surface area contributed by atoms with E-state index in [4.69, 9.17) is 4.98 Å². The van der Waals surface area contributed by atoms with E-state index in [9.17, 15) is 4.79 Å². The van der Waals surface area contributed by atoms with Crippen LogP contribution in [0.25, 0.3) is 44.0 Å². The molecule has 0 amide bonds. The van der Waals surface area contributed by atoms with Crippen molar-refractivity contribution in [3.63, 3.8) is 0 Å². The van der Waals surface area contributed by atoms with Crippen LogP contribution in [-0.4, -0.2) is 21.2 Å². The molecular weight excluding hydrogens is 348 g/mol. The molecule has 0 aliphatic heterocycles. The highest BCUT2D eigenvalue weighted by Crippen LogP contribution is 2.28. The molecule has 28 heavy (non-hydrogen) atoms. The van der Waals surface area contributed by atoms with Gasteiger partial charge in [-0.25, -0.2) is 4.98 Å². The molecule has 5 heteroatoms. The van der Waals surface area contributed by atoms with Crippen LogP contribution in [0, 0.1) is 0 Å². The van der Waals surface area contributed by atoms with Gasteiger partial charge in [0.1, 0.15) is 5.69 Å². The molecule has 0 atom stereocenters. The van der Waals surface area contributed by atoms with Crippen molar-refractivity contribution in [2.45, 2.75) is 13.3 Å². The summed E-state index contributed by atoms with van der Waals surface area (Å²) in [5.74, 6) is 0. The quantitative estimate of drug-likeness (QED) is 0.454. The third kappa shape index (κ3) is 2.63. The van der Waals surface area contributed by atoms with Gasteiger partial charge in [-0.15, -0.1) is 0 Å². The Bertz CT molecular complexity index is 1380. The van der Waals surface area contributed by atoms with E-state index in [-0.39, 0.29) is 5.56 Å². The number of para-hydroxylation sites is 1. The van der Waals surface area contributed by atoms with Gasteiger partial charge in [-0.3, -0.25) is 9.47 Å². The summed E-state index contributed by atoms with van der Waals surface area (Å²) in [4.78, 5) is 20.7. The fourth-order valence-corrected chi connectivity index (χ4v) is 3.69. The normalized spacial score (nSPS) is 11.5. The molecular formula is C23H20N4O. The van der Waals surface area contributed by atoms with E-state index in [1.54, 1.807) is 0 Å². The van der Waals surface area contributed by atoms with E-state index < -0.39 is 0 Å². The first kappa shape index (κ1) is 16.6. The Kier molecular flexibility index (Phi) is 3.86. The lowest BCUT2D eigenvalue weighted by molar-refractivity contribution is 0.832. The molecule has 0 saturated heterocycles. The monoisotopic (exact) mass is 368 g/mol. The highest BCUT2D eigenvalue weighted by Gasteiger charge is 2.15. The number of H-pyrrole nitrogens is 1. The summed E-state index contributed by atoms with van der Waals surface area (Å²) in [5, 5.41) is 3.19. The van der Waals surface area contributed by atoms with Crippen molar-refractivity contribution in [2.24, 2.45) is 0 Å². The van der Waals surface area contributed by atoms with Crippen LogP contribution in [0.1, 0.15) is 13.3 Å². The summed E-state index contributed by atoms with van der Waals surface area (Å²) in [6.45, 7) is 2.98. The Morgan fingerprint density at radius 2 is 1.79 bits per heavy atom. The number of benzene rings is 3. The number of hydrogen-bond donors (Lipinski definition) is 2. The minimum absolute atomic E-state index is 0.179. The minimum atomic E-state index is -0.179. The highest BCUT2D eigenvalue weighted by molar-refractivity contribution is 5.98. The first-order valence-corrected chi connectivity index (χ1v) is 9.52. The number of aromatic amines is 1. The lowest BCUT2D eigenvalue weighted by Crippen LogP contribution is -2.14. The average molecular weight is 368 g/mol. The van der Waals surface area contributed by atoms with E-state index in [1.165, 1.54) is 0 Å². The number of nitrogens with one attached hydrogen (secondary N) is 2. The zero-order valence-electron chi connectivity index (χ0n) is 15.6. The van der Waals surface area contributed by atoms with E-state index in [0.717, 1.165) is 51.2 Å². The van der Waals surface area contributed by atoms with Gasteiger partial charge in [0.2, 0.25) is 0 Å². The number of rotatable bonds is 4. The molecule has 5 aromatic rings. The number of aromatic nitrogens is 3. The molecule has 0 radical (unpaired) electrons. The second kappa shape index (κ2) is 6.53. The fraction of sp³-hybridized carbons (Fsp3) is 0.130. The van der Waals surface area contributed by atoms with Crippen LogP contribution in [0.3, 0.4) is 0 Å². The van der Waals surface area contributed by atoms with Crippen LogP contribution in [0.2, 0.25) is 0 Å². The molecule has 5 rings (SSSR count). The predicted octanol–water partition coefficient (Wildman–Crippen LogP) is 4.65. The summed E-state index contributed by atoms with van der Waals surface area (Å²) < 4.78 is 1.99. The molecule has 0 unspecified atom stereocenters. The van der Waals surface area contributed by atoms with Gasteiger partial charge in [-0.1, -0.05) is 49.4 Å². The maximum Gasteiger partial charge on any atom is 0.275 e. The third-order valence-electron chi connectivity index (χ3n) is 5.06. The molecule has 0 aliphatic carbocycles. The standard InChI is InChI=1S/C23H20N4O/c1-2-11-24-27-14-18(17-9-5-6-10-21(17)27)22-23(28)26-20-13-16-8-4-3-7-15(16)12-19(20)25-22/h3-10,12-14,24H,2,11H2,1H3,(H,26,28). The summed E-state index contributed by atoms with van der Waals surface area (Å²) in [6.07, 6.45) is 2.98. The second-order valence-corrected chi connectivity index (χ2v) is 6.97. The molecule has 2 heterocycles. The van der Waals surface area contributed by atoms with Gasteiger partial charge < -0.3 is 10.4 Å². The lowest BCUT2D eigenvalue weighted by atomic mass is 10.1. The van der Waals surface area contributed by atoms with Crippen LogP contribution in [0.15, 0.2) is 71.7 Å². The maximum absolute atomic E-state index is 12.9. The van der Waals surface area contributed by atoms with Gasteiger partial charge in [-0.2, -0.15) is 0 Å². The summed E-state index contributed by atoms with van der Waals surface area (Å²) in [6, 6.07) is 20.2. The number of fused-ring (bicyclic) bond motifs is 3. The Morgan fingerprint density at radius 3 is 2.61 bits per heavy atom. The highest BCUT2D eigenvalue weighted by atomic mass is 16.1. The van der Waals surface area contributed by atoms with Crippen LogP contribution >= 0.6 is 0 Å². The zero-order valence-corrected chi connectivity index (χ0v) is 15.6. The minimum Gasteiger partial charge on any atom is -0.326 e. The Balaban J connectivity index is 1.75. The van der Waals surface area contributed by atoms with Crippen molar-refractivity contribution in [2.75, 3.05) is 12.0 Å². The van der Waals surface area contributed by atoms with E-state index in [2.05, 4.69) is 23.4 Å². The van der Waals surface area contributed by atoms with Crippen LogP contribution < -0.4 is 11.0 Å². The molecule has 138 valence electrons. The van der Waals surface area contributed by atoms with Gasteiger partial charge >= 0.3 is 0 Å². The molecule has 0 aliphatic rings. The summed E-state index contributed by atoms with van der Waals surface area (Å²) in [7, 11) is 0. The molecule has 2 aromatic heterocycles. The Hall–Kier alpha value is -3.60. The topological polar surface area (TPSA) is 62.7 Å². The van der Waals surface area contributed by atoms with E-state index in [0.29, 0.717) is 5.69 Å². The molecule has 0 fully saturated rings. The largest absolute Gasteiger partial charge is 0.326 e. The van der Waals surface area contributed by atoms with Crippen LogP contribution in [0.5, 0.6) is 0 Å². The third-order valence-corrected chi connectivity index (χ3v) is 5.06. The number of nitrogens with zero attached hydrogens (tertiary/aromatic N) is 2. The summed E-state index contributed by atoms with van der Waals surface area (Å²) >= 11 is 0. The van der Waals surface area contributed by atoms with Gasteiger partial charge in [0.15, 0.2) is 0 Å². The van der Waals surface area contributed by atoms with E-state index in [1.807, 2.05) is 65.5 Å². The Labute approximate surface area is 161 Å². The van der Waals surface area contributed by atoms with Crippen molar-refractivity contribution in [1.29, 1.82) is 0 Å². The van der Waals surface area contributed by atoms with Gasteiger partial charge in [-0.05, 0) is 35.4 Å².